The number of aromatic nitrogens is 2. The Bertz CT molecular complexity index is 475. The van der Waals surface area contributed by atoms with Gasteiger partial charge in [0.2, 0.25) is 0 Å². The second-order valence-corrected chi connectivity index (χ2v) is 2.73. The van der Waals surface area contributed by atoms with Crippen LogP contribution in [0.5, 0.6) is 5.75 Å². The smallest absolute Gasteiger partial charge is 0.433 e. The highest BCUT2D eigenvalue weighted by Crippen LogP contribution is 2.31. The van der Waals surface area contributed by atoms with Crippen molar-refractivity contribution < 1.29 is 18.3 Å². The number of halogens is 3. The van der Waals surface area contributed by atoms with Crippen molar-refractivity contribution in [2.24, 2.45) is 0 Å². The van der Waals surface area contributed by atoms with Gasteiger partial charge >= 0.3 is 6.18 Å². The monoisotopic (exact) mass is 202 g/mol. The lowest BCUT2D eigenvalue weighted by atomic mass is 10.4. The molecule has 0 spiro atoms. The highest BCUT2D eigenvalue weighted by atomic mass is 19.4. The molecule has 0 fully saturated rings. The molecule has 6 heteroatoms. The zero-order chi connectivity index (χ0) is 10.3. The Balaban J connectivity index is 2.76. The number of imidazole rings is 1. The maximum atomic E-state index is 12.3. The molecule has 0 saturated carbocycles. The molecular formula is C8H5F3N2O. The third-order valence-corrected chi connectivity index (χ3v) is 1.81. The van der Waals surface area contributed by atoms with Gasteiger partial charge in [-0.05, 0) is 12.1 Å². The van der Waals surface area contributed by atoms with E-state index in [0.29, 0.717) is 6.20 Å². The molecule has 0 bridgehead atoms. The first kappa shape index (κ1) is 8.86. The average Bonchev–Trinajstić information content (AvgIpc) is 2.47. The number of pyridine rings is 1. The standard InChI is InChI=1S/C8H5F3N2O/c9-8(10,11)6-4-12-7-5(14)2-1-3-13(6)7/h1-4,14H. The molecule has 2 rings (SSSR count). The zero-order valence-electron chi connectivity index (χ0n) is 6.78. The number of fused-ring (bicyclic) bond motifs is 1. The van der Waals surface area contributed by atoms with Crippen molar-refractivity contribution in [2.75, 3.05) is 0 Å². The van der Waals surface area contributed by atoms with Crippen LogP contribution in [-0.4, -0.2) is 14.5 Å². The van der Waals surface area contributed by atoms with Gasteiger partial charge in [-0.3, -0.25) is 4.40 Å². The SMILES string of the molecule is Oc1cccn2c(C(F)(F)F)cnc12. The minimum absolute atomic E-state index is 0.0974. The molecule has 0 aromatic carbocycles. The predicted molar refractivity (Wildman–Crippen MR) is 41.9 cm³/mol. The molecule has 0 radical (unpaired) electrons. The van der Waals surface area contributed by atoms with Gasteiger partial charge in [0.05, 0.1) is 6.20 Å². The number of aromatic hydroxyl groups is 1. The van der Waals surface area contributed by atoms with E-state index in [4.69, 9.17) is 0 Å². The molecule has 0 aliphatic heterocycles. The molecule has 2 aromatic heterocycles. The highest BCUT2D eigenvalue weighted by Gasteiger charge is 2.34. The van der Waals surface area contributed by atoms with Crippen LogP contribution < -0.4 is 0 Å². The molecule has 14 heavy (non-hydrogen) atoms. The summed E-state index contributed by atoms with van der Waals surface area (Å²) in [4.78, 5) is 3.48. The molecule has 2 heterocycles. The summed E-state index contributed by atoms with van der Waals surface area (Å²) in [5.41, 5.74) is -0.997. The quantitative estimate of drug-likeness (QED) is 0.709. The molecule has 0 amide bonds. The molecule has 0 aliphatic rings. The first-order chi connectivity index (χ1) is 6.50. The van der Waals surface area contributed by atoms with Crippen molar-refractivity contribution in [3.05, 3.63) is 30.2 Å². The van der Waals surface area contributed by atoms with Gasteiger partial charge in [-0.25, -0.2) is 4.98 Å². The van der Waals surface area contributed by atoms with Crippen LogP contribution in [0.3, 0.4) is 0 Å². The Morgan fingerprint density at radius 2 is 2.07 bits per heavy atom. The fraction of sp³-hybridized carbons (Fsp3) is 0.125. The van der Waals surface area contributed by atoms with Crippen LogP contribution in [0.25, 0.3) is 5.65 Å². The topological polar surface area (TPSA) is 37.5 Å². The van der Waals surface area contributed by atoms with E-state index in [1.165, 1.54) is 18.3 Å². The summed E-state index contributed by atoms with van der Waals surface area (Å²) in [5.74, 6) is -0.275. The van der Waals surface area contributed by atoms with E-state index in [2.05, 4.69) is 4.98 Å². The molecule has 2 aromatic rings. The van der Waals surface area contributed by atoms with Crippen molar-refractivity contribution in [1.82, 2.24) is 9.38 Å². The van der Waals surface area contributed by atoms with Crippen LogP contribution in [0.15, 0.2) is 24.5 Å². The van der Waals surface area contributed by atoms with Crippen LogP contribution in [0, 0.1) is 0 Å². The number of hydrogen-bond acceptors (Lipinski definition) is 2. The molecule has 0 atom stereocenters. The average molecular weight is 202 g/mol. The van der Waals surface area contributed by atoms with Gasteiger partial charge < -0.3 is 5.11 Å². The van der Waals surface area contributed by atoms with Gasteiger partial charge in [0.25, 0.3) is 0 Å². The summed E-state index contributed by atoms with van der Waals surface area (Å²) >= 11 is 0. The number of hydrogen-bond donors (Lipinski definition) is 1. The van der Waals surface area contributed by atoms with E-state index in [0.717, 1.165) is 4.40 Å². The van der Waals surface area contributed by atoms with Gasteiger partial charge in [0.1, 0.15) is 5.69 Å². The van der Waals surface area contributed by atoms with E-state index < -0.39 is 11.9 Å². The minimum atomic E-state index is -4.47. The zero-order valence-corrected chi connectivity index (χ0v) is 6.78. The lowest BCUT2D eigenvalue weighted by molar-refractivity contribution is -0.141. The van der Waals surface area contributed by atoms with E-state index in [1.807, 2.05) is 0 Å². The molecular weight excluding hydrogens is 197 g/mol. The summed E-state index contributed by atoms with van der Waals surface area (Å²) in [6.07, 6.45) is -2.58. The van der Waals surface area contributed by atoms with Crippen LogP contribution in [-0.2, 0) is 6.18 Å². The first-order valence-electron chi connectivity index (χ1n) is 3.72. The van der Waals surface area contributed by atoms with E-state index in [-0.39, 0.29) is 11.4 Å². The van der Waals surface area contributed by atoms with Crippen molar-refractivity contribution in [3.63, 3.8) is 0 Å². The first-order valence-corrected chi connectivity index (χ1v) is 3.72. The maximum Gasteiger partial charge on any atom is 0.433 e. The molecule has 1 N–H and O–H groups in total. The Morgan fingerprint density at radius 3 is 2.71 bits per heavy atom. The van der Waals surface area contributed by atoms with Crippen molar-refractivity contribution in [2.45, 2.75) is 6.18 Å². The van der Waals surface area contributed by atoms with Gasteiger partial charge in [0.15, 0.2) is 11.4 Å². The largest absolute Gasteiger partial charge is 0.504 e. The Kier molecular flexibility index (Phi) is 1.67. The third kappa shape index (κ3) is 1.19. The summed E-state index contributed by atoms with van der Waals surface area (Å²) in [6, 6.07) is 2.60. The minimum Gasteiger partial charge on any atom is -0.504 e. The Hall–Kier alpha value is -1.72. The van der Waals surface area contributed by atoms with Crippen LogP contribution >= 0.6 is 0 Å². The predicted octanol–water partition coefficient (Wildman–Crippen LogP) is 2.06. The lowest BCUT2D eigenvalue weighted by Gasteiger charge is -2.05. The highest BCUT2D eigenvalue weighted by molar-refractivity contribution is 5.53. The third-order valence-electron chi connectivity index (χ3n) is 1.81. The molecule has 3 nitrogen and oxygen atoms in total. The normalized spacial score (nSPS) is 12.2. The van der Waals surface area contributed by atoms with Crippen molar-refractivity contribution in [3.8, 4) is 5.75 Å². The fourth-order valence-electron chi connectivity index (χ4n) is 1.21. The summed E-state index contributed by atoms with van der Waals surface area (Å²) in [7, 11) is 0. The second kappa shape index (κ2) is 2.63. The maximum absolute atomic E-state index is 12.3. The van der Waals surface area contributed by atoms with Crippen LogP contribution in [0.2, 0.25) is 0 Å². The Morgan fingerprint density at radius 1 is 1.36 bits per heavy atom. The fourth-order valence-corrected chi connectivity index (χ4v) is 1.21. The second-order valence-electron chi connectivity index (χ2n) is 2.73. The van der Waals surface area contributed by atoms with E-state index in [1.54, 1.807) is 0 Å². The summed E-state index contributed by atoms with van der Waals surface area (Å²) < 4.78 is 37.8. The van der Waals surface area contributed by atoms with Gasteiger partial charge in [0, 0.05) is 6.20 Å². The molecule has 0 saturated heterocycles. The lowest BCUT2D eigenvalue weighted by Crippen LogP contribution is -2.08. The number of alkyl halides is 3. The van der Waals surface area contributed by atoms with Gasteiger partial charge in [-0.2, -0.15) is 13.2 Å². The number of rotatable bonds is 0. The molecule has 0 aliphatic carbocycles. The van der Waals surface area contributed by atoms with E-state index >= 15 is 0 Å². The van der Waals surface area contributed by atoms with E-state index in [9.17, 15) is 18.3 Å². The van der Waals surface area contributed by atoms with Crippen LogP contribution in [0.4, 0.5) is 13.2 Å². The Labute approximate surface area is 76.4 Å². The van der Waals surface area contributed by atoms with Gasteiger partial charge in [-0.1, -0.05) is 0 Å². The van der Waals surface area contributed by atoms with Crippen molar-refractivity contribution in [1.29, 1.82) is 0 Å². The summed E-state index contributed by atoms with van der Waals surface area (Å²) in [5, 5.41) is 9.20. The molecule has 74 valence electrons. The van der Waals surface area contributed by atoms with Crippen LogP contribution in [0.1, 0.15) is 5.69 Å². The number of nitrogens with zero attached hydrogens (tertiary/aromatic N) is 2. The van der Waals surface area contributed by atoms with Gasteiger partial charge in [-0.15, -0.1) is 0 Å². The molecule has 0 unspecified atom stereocenters. The summed E-state index contributed by atoms with van der Waals surface area (Å²) in [6.45, 7) is 0. The van der Waals surface area contributed by atoms with Crippen molar-refractivity contribution >= 4 is 5.65 Å².